The van der Waals surface area contributed by atoms with Crippen LogP contribution in [0.15, 0.2) is 52.0 Å². The van der Waals surface area contributed by atoms with Crippen molar-refractivity contribution in [1.82, 2.24) is 4.90 Å². The summed E-state index contributed by atoms with van der Waals surface area (Å²) in [7, 11) is 0. The number of thioether (sulfide) groups is 1. The number of carbonyl (C=O) groups is 2. The second-order valence-electron chi connectivity index (χ2n) is 5.52. The van der Waals surface area contributed by atoms with Gasteiger partial charge >= 0.3 is 0 Å². The smallest absolute Gasteiger partial charge is 0.266 e. The van der Waals surface area contributed by atoms with Crippen LogP contribution in [-0.4, -0.2) is 27.6 Å². The van der Waals surface area contributed by atoms with Gasteiger partial charge in [0, 0.05) is 24.7 Å². The molecule has 0 saturated carbocycles. The van der Waals surface area contributed by atoms with Crippen molar-refractivity contribution in [2.75, 3.05) is 11.9 Å². The van der Waals surface area contributed by atoms with Crippen LogP contribution in [-0.2, 0) is 9.59 Å². The lowest BCUT2D eigenvalue weighted by molar-refractivity contribution is -0.122. The molecule has 1 saturated heterocycles. The van der Waals surface area contributed by atoms with Gasteiger partial charge in [-0.3, -0.25) is 14.5 Å². The quantitative estimate of drug-likeness (QED) is 0.639. The van der Waals surface area contributed by atoms with Crippen molar-refractivity contribution in [1.29, 1.82) is 0 Å². The van der Waals surface area contributed by atoms with E-state index in [4.69, 9.17) is 16.6 Å². The zero-order chi connectivity index (χ0) is 17.8. The molecular formula is C18H16N2O3S2. The third-order valence-corrected chi connectivity index (χ3v) is 4.93. The summed E-state index contributed by atoms with van der Waals surface area (Å²) in [4.78, 5) is 26.5. The normalized spacial score (nSPS) is 15.9. The van der Waals surface area contributed by atoms with Gasteiger partial charge in [0.25, 0.3) is 5.91 Å². The third-order valence-electron chi connectivity index (χ3n) is 3.55. The molecule has 3 rings (SSSR count). The van der Waals surface area contributed by atoms with Gasteiger partial charge in [-0.1, -0.05) is 36.1 Å². The molecule has 7 heteroatoms. The average molecular weight is 372 g/mol. The third kappa shape index (κ3) is 4.37. The molecular weight excluding hydrogens is 356 g/mol. The molecule has 0 atom stereocenters. The van der Waals surface area contributed by atoms with Gasteiger partial charge in [-0.2, -0.15) is 0 Å². The van der Waals surface area contributed by atoms with E-state index in [1.54, 1.807) is 24.5 Å². The Kier molecular flexibility index (Phi) is 5.35. The Morgan fingerprint density at radius 3 is 2.92 bits per heavy atom. The molecule has 5 nitrogen and oxygen atoms in total. The van der Waals surface area contributed by atoms with Crippen LogP contribution in [0, 0.1) is 6.92 Å². The van der Waals surface area contributed by atoms with Crippen LogP contribution in [0.3, 0.4) is 0 Å². The molecule has 2 aromatic rings. The molecule has 2 heterocycles. The summed E-state index contributed by atoms with van der Waals surface area (Å²) in [5.41, 5.74) is 1.81. The number of nitrogens with zero attached hydrogens (tertiary/aromatic N) is 1. The van der Waals surface area contributed by atoms with Crippen LogP contribution in [0.1, 0.15) is 17.7 Å². The Morgan fingerprint density at radius 1 is 1.36 bits per heavy atom. The summed E-state index contributed by atoms with van der Waals surface area (Å²) in [6.07, 6.45) is 3.38. The van der Waals surface area contributed by atoms with Gasteiger partial charge in [0.15, 0.2) is 0 Å². The highest BCUT2D eigenvalue weighted by atomic mass is 32.2. The molecule has 2 amide bonds. The summed E-state index contributed by atoms with van der Waals surface area (Å²) < 4.78 is 5.67. The van der Waals surface area contributed by atoms with Gasteiger partial charge in [0.05, 0.1) is 11.2 Å². The van der Waals surface area contributed by atoms with Crippen LogP contribution in [0.4, 0.5) is 5.69 Å². The van der Waals surface area contributed by atoms with E-state index in [0.717, 1.165) is 11.3 Å². The number of hydrogen-bond acceptors (Lipinski definition) is 5. The van der Waals surface area contributed by atoms with Crippen molar-refractivity contribution in [2.24, 2.45) is 0 Å². The summed E-state index contributed by atoms with van der Waals surface area (Å²) in [5.74, 6) is 0.238. The zero-order valence-electron chi connectivity index (χ0n) is 13.5. The van der Waals surface area contributed by atoms with E-state index in [1.807, 2.05) is 31.2 Å². The first-order valence-corrected chi connectivity index (χ1v) is 8.91. The molecule has 25 heavy (non-hydrogen) atoms. The molecule has 0 radical (unpaired) electrons. The van der Waals surface area contributed by atoms with Gasteiger partial charge in [-0.15, -0.1) is 0 Å². The fourth-order valence-electron chi connectivity index (χ4n) is 2.36. The molecule has 0 unspecified atom stereocenters. The highest BCUT2D eigenvalue weighted by Crippen LogP contribution is 2.32. The topological polar surface area (TPSA) is 62.6 Å². The lowest BCUT2D eigenvalue weighted by Crippen LogP contribution is -2.31. The minimum Gasteiger partial charge on any atom is -0.465 e. The zero-order valence-corrected chi connectivity index (χ0v) is 15.2. The predicted molar refractivity (Wildman–Crippen MR) is 103 cm³/mol. The fourth-order valence-corrected chi connectivity index (χ4v) is 3.64. The monoisotopic (exact) mass is 372 g/mol. The second-order valence-corrected chi connectivity index (χ2v) is 7.19. The van der Waals surface area contributed by atoms with Crippen molar-refractivity contribution in [3.8, 4) is 0 Å². The Balaban J connectivity index is 1.58. The van der Waals surface area contributed by atoms with Crippen LogP contribution in [0.5, 0.6) is 0 Å². The summed E-state index contributed by atoms with van der Waals surface area (Å²) >= 11 is 6.47. The summed E-state index contributed by atoms with van der Waals surface area (Å²) in [6.45, 7) is 2.21. The van der Waals surface area contributed by atoms with E-state index in [-0.39, 0.29) is 24.8 Å². The van der Waals surface area contributed by atoms with E-state index < -0.39 is 0 Å². The minimum absolute atomic E-state index is 0.158. The van der Waals surface area contributed by atoms with Crippen LogP contribution < -0.4 is 5.32 Å². The lowest BCUT2D eigenvalue weighted by atomic mass is 10.2. The largest absolute Gasteiger partial charge is 0.465 e. The first-order chi connectivity index (χ1) is 12.0. The number of thiocarbonyl (C=S) groups is 1. The Hall–Kier alpha value is -2.38. The number of rotatable bonds is 5. The number of carbonyl (C=O) groups excluding carboxylic acids is 2. The van der Waals surface area contributed by atoms with Crippen molar-refractivity contribution >= 4 is 51.9 Å². The SMILES string of the molecule is Cc1cccc(NC(=O)CCN2C(=O)C(=Cc3ccco3)SC2=S)c1. The lowest BCUT2D eigenvalue weighted by Gasteiger charge is -2.14. The van der Waals surface area contributed by atoms with Crippen LogP contribution in [0.2, 0.25) is 0 Å². The maximum Gasteiger partial charge on any atom is 0.266 e. The fraction of sp³-hybridized carbons (Fsp3) is 0.167. The van der Waals surface area contributed by atoms with E-state index in [2.05, 4.69) is 5.32 Å². The molecule has 128 valence electrons. The van der Waals surface area contributed by atoms with E-state index in [0.29, 0.717) is 15.0 Å². The Labute approximate surface area is 155 Å². The Morgan fingerprint density at radius 2 is 2.20 bits per heavy atom. The second kappa shape index (κ2) is 7.67. The van der Waals surface area contributed by atoms with Crippen molar-refractivity contribution in [3.05, 3.63) is 58.9 Å². The number of furan rings is 1. The van der Waals surface area contributed by atoms with Crippen LogP contribution >= 0.6 is 24.0 Å². The van der Waals surface area contributed by atoms with Gasteiger partial charge in [0.1, 0.15) is 10.1 Å². The van der Waals surface area contributed by atoms with Crippen molar-refractivity contribution in [2.45, 2.75) is 13.3 Å². The van der Waals surface area contributed by atoms with Gasteiger partial charge in [-0.05, 0) is 36.8 Å². The van der Waals surface area contributed by atoms with Gasteiger partial charge in [-0.25, -0.2) is 0 Å². The molecule has 1 fully saturated rings. The summed E-state index contributed by atoms with van der Waals surface area (Å²) in [5, 5.41) is 2.83. The number of hydrogen-bond donors (Lipinski definition) is 1. The summed E-state index contributed by atoms with van der Waals surface area (Å²) in [6, 6.07) is 11.1. The average Bonchev–Trinajstić information content (AvgIpc) is 3.15. The first-order valence-electron chi connectivity index (χ1n) is 7.68. The highest BCUT2D eigenvalue weighted by Gasteiger charge is 2.32. The van der Waals surface area contributed by atoms with Gasteiger partial charge in [0.2, 0.25) is 5.91 Å². The minimum atomic E-state index is -0.199. The Bertz CT molecular complexity index is 844. The number of nitrogens with one attached hydrogen (secondary N) is 1. The molecule has 0 bridgehead atoms. The number of amides is 2. The number of anilines is 1. The molecule has 1 aliphatic rings. The molecule has 1 aromatic carbocycles. The molecule has 1 aromatic heterocycles. The maximum atomic E-state index is 12.4. The molecule has 1 aliphatic heterocycles. The molecule has 0 spiro atoms. The standard InChI is InChI=1S/C18H16N2O3S2/c1-12-4-2-5-13(10-12)19-16(21)7-8-20-17(22)15(25-18(20)24)11-14-6-3-9-23-14/h2-6,9-11H,7-8H2,1H3,(H,19,21). The molecule has 0 aliphatic carbocycles. The highest BCUT2D eigenvalue weighted by molar-refractivity contribution is 8.26. The predicted octanol–water partition coefficient (Wildman–Crippen LogP) is 3.82. The molecule has 1 N–H and O–H groups in total. The number of benzene rings is 1. The van der Waals surface area contributed by atoms with E-state index >= 15 is 0 Å². The first kappa shape index (κ1) is 17.4. The van der Waals surface area contributed by atoms with E-state index in [1.165, 1.54) is 16.7 Å². The van der Waals surface area contributed by atoms with E-state index in [9.17, 15) is 9.59 Å². The van der Waals surface area contributed by atoms with Gasteiger partial charge < -0.3 is 9.73 Å². The van der Waals surface area contributed by atoms with Crippen LogP contribution in [0.25, 0.3) is 6.08 Å². The van der Waals surface area contributed by atoms with Crippen molar-refractivity contribution in [3.63, 3.8) is 0 Å². The number of aryl methyl sites for hydroxylation is 1. The van der Waals surface area contributed by atoms with Crippen molar-refractivity contribution < 1.29 is 14.0 Å². The maximum absolute atomic E-state index is 12.4.